The highest BCUT2D eigenvalue weighted by Gasteiger charge is 2.12. The average molecular weight is 299 g/mol. The van der Waals surface area contributed by atoms with Crippen molar-refractivity contribution in [3.63, 3.8) is 0 Å². The molecule has 2 aromatic rings. The number of carboxylic acid groups (broad SMARTS) is 2. The van der Waals surface area contributed by atoms with Gasteiger partial charge in [0.25, 0.3) is 0 Å². The van der Waals surface area contributed by atoms with E-state index in [0.29, 0.717) is 6.42 Å². The van der Waals surface area contributed by atoms with Crippen LogP contribution in [0.5, 0.6) is 0 Å². The number of benzene rings is 2. The fourth-order valence-corrected chi connectivity index (χ4v) is 2.21. The van der Waals surface area contributed by atoms with E-state index in [9.17, 15) is 9.59 Å². The van der Waals surface area contributed by atoms with Crippen molar-refractivity contribution < 1.29 is 19.8 Å². The first kappa shape index (κ1) is 15.7. The molecule has 0 amide bonds. The van der Waals surface area contributed by atoms with Crippen molar-refractivity contribution in [2.75, 3.05) is 0 Å². The lowest BCUT2D eigenvalue weighted by molar-refractivity contribution is -0.138. The average Bonchev–Trinajstić information content (AvgIpc) is 2.48. The third-order valence-electron chi connectivity index (χ3n) is 3.37. The summed E-state index contributed by atoms with van der Waals surface area (Å²) in [7, 11) is 0. The molecule has 0 aromatic heterocycles. The van der Waals surface area contributed by atoms with Gasteiger partial charge in [0, 0.05) is 0 Å². The minimum atomic E-state index is -1.02. The molecule has 1 unspecified atom stereocenters. The molecule has 0 heterocycles. The van der Waals surface area contributed by atoms with Gasteiger partial charge in [-0.1, -0.05) is 36.4 Å². The van der Waals surface area contributed by atoms with Crippen LogP contribution in [0, 0.1) is 0 Å². The van der Waals surface area contributed by atoms with E-state index in [2.05, 4.69) is 0 Å². The molecule has 0 aliphatic carbocycles. The molecule has 0 bridgehead atoms. The summed E-state index contributed by atoms with van der Waals surface area (Å²) in [6.45, 7) is 0. The van der Waals surface area contributed by atoms with E-state index in [1.54, 1.807) is 24.3 Å². The molecule has 0 saturated carbocycles. The van der Waals surface area contributed by atoms with Gasteiger partial charge in [0.2, 0.25) is 0 Å². The lowest BCUT2D eigenvalue weighted by Gasteiger charge is -2.09. The van der Waals surface area contributed by atoms with Gasteiger partial charge in [-0.15, -0.1) is 0 Å². The first-order valence-corrected chi connectivity index (χ1v) is 6.84. The summed E-state index contributed by atoms with van der Waals surface area (Å²) in [5.41, 5.74) is 8.68. The Balaban J connectivity index is 2.09. The van der Waals surface area contributed by atoms with E-state index in [0.717, 1.165) is 16.7 Å². The fourth-order valence-electron chi connectivity index (χ4n) is 2.21. The lowest BCUT2D eigenvalue weighted by atomic mass is 9.99. The number of hydrogen-bond acceptors (Lipinski definition) is 3. The molecule has 0 fully saturated rings. The zero-order valence-corrected chi connectivity index (χ0v) is 11.9. The van der Waals surface area contributed by atoms with Crippen LogP contribution in [-0.4, -0.2) is 28.2 Å². The molecule has 1 atom stereocenters. The van der Waals surface area contributed by atoms with Gasteiger partial charge in [-0.3, -0.25) is 4.79 Å². The van der Waals surface area contributed by atoms with Crippen molar-refractivity contribution in [1.82, 2.24) is 0 Å². The molecule has 0 aliphatic rings. The molecule has 114 valence electrons. The Morgan fingerprint density at radius 3 is 2.18 bits per heavy atom. The molecule has 5 nitrogen and oxygen atoms in total. The summed E-state index contributed by atoms with van der Waals surface area (Å²) >= 11 is 0. The molecular weight excluding hydrogens is 282 g/mol. The maximum Gasteiger partial charge on any atom is 0.335 e. The smallest absolute Gasteiger partial charge is 0.335 e. The van der Waals surface area contributed by atoms with Gasteiger partial charge in [-0.2, -0.15) is 0 Å². The molecule has 22 heavy (non-hydrogen) atoms. The van der Waals surface area contributed by atoms with Crippen molar-refractivity contribution in [1.29, 1.82) is 0 Å². The topological polar surface area (TPSA) is 101 Å². The molecule has 0 aliphatic heterocycles. The maximum atomic E-state index is 10.8. The van der Waals surface area contributed by atoms with Crippen LogP contribution in [0.25, 0.3) is 0 Å². The molecule has 5 heteroatoms. The second-order valence-electron chi connectivity index (χ2n) is 5.15. The largest absolute Gasteiger partial charge is 0.480 e. The van der Waals surface area contributed by atoms with E-state index in [1.807, 2.05) is 24.3 Å². The van der Waals surface area contributed by atoms with Crippen LogP contribution >= 0.6 is 0 Å². The zero-order chi connectivity index (χ0) is 16.1. The molecule has 0 saturated heterocycles. The minimum absolute atomic E-state index is 0.255. The Morgan fingerprint density at radius 1 is 0.955 bits per heavy atom. The SMILES string of the molecule is NC(Cc1cccc(Cc2ccc(C(=O)O)cc2)c1)C(=O)O. The van der Waals surface area contributed by atoms with Crippen molar-refractivity contribution in [2.24, 2.45) is 5.73 Å². The second-order valence-corrected chi connectivity index (χ2v) is 5.15. The van der Waals surface area contributed by atoms with Gasteiger partial charge < -0.3 is 15.9 Å². The Bertz CT molecular complexity index is 679. The van der Waals surface area contributed by atoms with Crippen LogP contribution in [0.1, 0.15) is 27.0 Å². The standard InChI is InChI=1S/C17H17NO4/c18-15(17(21)22)10-13-3-1-2-12(9-13)8-11-4-6-14(7-5-11)16(19)20/h1-7,9,15H,8,10,18H2,(H,19,20)(H,21,22). The minimum Gasteiger partial charge on any atom is -0.480 e. The number of hydrogen-bond donors (Lipinski definition) is 3. The van der Waals surface area contributed by atoms with Crippen molar-refractivity contribution >= 4 is 11.9 Å². The van der Waals surface area contributed by atoms with E-state index in [-0.39, 0.29) is 12.0 Å². The first-order valence-electron chi connectivity index (χ1n) is 6.84. The highest BCUT2D eigenvalue weighted by Crippen LogP contribution is 2.14. The van der Waals surface area contributed by atoms with E-state index >= 15 is 0 Å². The van der Waals surface area contributed by atoms with Gasteiger partial charge in [0.1, 0.15) is 6.04 Å². The van der Waals surface area contributed by atoms with Crippen molar-refractivity contribution in [2.45, 2.75) is 18.9 Å². The summed E-state index contributed by atoms with van der Waals surface area (Å²) in [6, 6.07) is 13.4. The summed E-state index contributed by atoms with van der Waals surface area (Å²) in [5, 5.41) is 17.7. The predicted molar refractivity (Wildman–Crippen MR) is 82.0 cm³/mol. The highest BCUT2D eigenvalue weighted by molar-refractivity contribution is 5.87. The van der Waals surface area contributed by atoms with Gasteiger partial charge in [0.05, 0.1) is 5.56 Å². The first-order chi connectivity index (χ1) is 10.5. The second kappa shape index (κ2) is 6.87. The third kappa shape index (κ3) is 4.17. The van der Waals surface area contributed by atoms with E-state index in [1.165, 1.54) is 0 Å². The van der Waals surface area contributed by atoms with Crippen LogP contribution < -0.4 is 5.73 Å². The molecule has 2 rings (SSSR count). The van der Waals surface area contributed by atoms with Gasteiger partial charge in [-0.05, 0) is 41.7 Å². The molecule has 0 spiro atoms. The summed E-state index contributed by atoms with van der Waals surface area (Å²) in [6.07, 6.45) is 0.928. The number of rotatable bonds is 6. The van der Waals surface area contributed by atoms with Crippen molar-refractivity contribution in [3.8, 4) is 0 Å². The Morgan fingerprint density at radius 2 is 1.59 bits per heavy atom. The lowest BCUT2D eigenvalue weighted by Crippen LogP contribution is -2.32. The number of carboxylic acids is 2. The quantitative estimate of drug-likeness (QED) is 0.756. The Labute approximate surface area is 128 Å². The fraction of sp³-hybridized carbons (Fsp3) is 0.176. The van der Waals surface area contributed by atoms with Crippen LogP contribution in [0.15, 0.2) is 48.5 Å². The van der Waals surface area contributed by atoms with Crippen LogP contribution in [-0.2, 0) is 17.6 Å². The van der Waals surface area contributed by atoms with E-state index in [4.69, 9.17) is 15.9 Å². The number of aliphatic carboxylic acids is 1. The zero-order valence-electron chi connectivity index (χ0n) is 11.9. The predicted octanol–water partition coefficient (Wildman–Crippen LogP) is 1.93. The highest BCUT2D eigenvalue weighted by atomic mass is 16.4. The van der Waals surface area contributed by atoms with Gasteiger partial charge in [0.15, 0.2) is 0 Å². The third-order valence-corrected chi connectivity index (χ3v) is 3.37. The Hall–Kier alpha value is -2.66. The van der Waals surface area contributed by atoms with Crippen LogP contribution in [0.4, 0.5) is 0 Å². The van der Waals surface area contributed by atoms with E-state index < -0.39 is 18.0 Å². The normalized spacial score (nSPS) is 11.9. The van der Waals surface area contributed by atoms with Crippen LogP contribution in [0.3, 0.4) is 0 Å². The summed E-state index contributed by atoms with van der Waals surface area (Å²) < 4.78 is 0. The molecular formula is C17H17NO4. The summed E-state index contributed by atoms with van der Waals surface area (Å²) in [4.78, 5) is 21.6. The van der Waals surface area contributed by atoms with Crippen LogP contribution in [0.2, 0.25) is 0 Å². The Kier molecular flexibility index (Phi) is 4.91. The molecule has 2 aromatic carbocycles. The molecule has 0 radical (unpaired) electrons. The van der Waals surface area contributed by atoms with Gasteiger partial charge >= 0.3 is 11.9 Å². The molecule has 4 N–H and O–H groups in total. The van der Waals surface area contributed by atoms with Crippen molar-refractivity contribution in [3.05, 3.63) is 70.8 Å². The monoisotopic (exact) mass is 299 g/mol. The number of aromatic carboxylic acids is 1. The summed E-state index contributed by atoms with van der Waals surface area (Å²) in [5.74, 6) is -1.97. The number of carbonyl (C=O) groups is 2. The number of nitrogens with two attached hydrogens (primary N) is 1. The maximum absolute atomic E-state index is 10.8. The van der Waals surface area contributed by atoms with Gasteiger partial charge in [-0.25, -0.2) is 4.79 Å².